The number of benzene rings is 1. The number of carbonyl (C=O) groups excluding carboxylic acids is 1. The topological polar surface area (TPSA) is 101 Å². The summed E-state index contributed by atoms with van der Waals surface area (Å²) in [7, 11) is 0. The molecule has 0 radical (unpaired) electrons. The van der Waals surface area contributed by atoms with Gasteiger partial charge in [0.05, 0.1) is 17.1 Å². The monoisotopic (exact) mass is 401 g/mol. The first-order valence-corrected chi connectivity index (χ1v) is 9.88. The number of amides is 1. The van der Waals surface area contributed by atoms with Gasteiger partial charge in [-0.1, -0.05) is 0 Å². The molecule has 2 atom stereocenters. The molecule has 4 rings (SSSR count). The van der Waals surface area contributed by atoms with Gasteiger partial charge in [-0.15, -0.1) is 0 Å². The Bertz CT molecular complexity index is 1180. The van der Waals surface area contributed by atoms with E-state index >= 15 is 0 Å². The molecule has 1 fully saturated rings. The number of nitrogens with one attached hydrogen (secondary N) is 1. The summed E-state index contributed by atoms with van der Waals surface area (Å²) in [6.07, 6.45) is 2.15. The molecule has 0 unspecified atom stereocenters. The molecule has 1 N–H and O–H groups in total. The number of nitrogens with zero attached hydrogens (tertiary/aromatic N) is 4. The van der Waals surface area contributed by atoms with Crippen LogP contribution in [0, 0.1) is 18.3 Å². The third-order valence-corrected chi connectivity index (χ3v) is 4.91. The summed E-state index contributed by atoms with van der Waals surface area (Å²) in [6.45, 7) is 7.38. The van der Waals surface area contributed by atoms with Crippen molar-refractivity contribution in [1.82, 2.24) is 15.0 Å². The minimum absolute atomic E-state index is 0.186. The quantitative estimate of drug-likeness (QED) is 0.675. The minimum atomic E-state index is -0.584. The smallest absolute Gasteiger partial charge is 0.412 e. The van der Waals surface area contributed by atoms with E-state index in [0.717, 1.165) is 29.0 Å². The fraction of sp³-hybridized carbons (Fsp3) is 0.348. The van der Waals surface area contributed by atoms with Crippen LogP contribution >= 0.6 is 0 Å². The van der Waals surface area contributed by atoms with E-state index < -0.39 is 11.7 Å². The van der Waals surface area contributed by atoms with Crippen molar-refractivity contribution in [2.24, 2.45) is 0 Å². The van der Waals surface area contributed by atoms with Crippen LogP contribution in [-0.4, -0.2) is 26.6 Å². The second-order valence-corrected chi connectivity index (χ2v) is 8.57. The standard InChI is InChI=1S/C23H23N5O2/c1-13-7-8-25-21(26-13)18-11-17(18)19-9-14(12-24)16-6-5-15(10-20(16)28-19)27-22(29)30-23(2,3)4/h5-10,17-18H,11H2,1-4H3,(H,27,29)/t17-,18+/m1/s1. The Kier molecular flexibility index (Phi) is 4.86. The number of aryl methyl sites for hydroxylation is 1. The zero-order valence-electron chi connectivity index (χ0n) is 17.4. The van der Waals surface area contributed by atoms with E-state index in [0.29, 0.717) is 16.8 Å². The Labute approximate surface area is 175 Å². The maximum atomic E-state index is 12.1. The molecule has 2 aromatic heterocycles. The molecular weight excluding hydrogens is 378 g/mol. The van der Waals surface area contributed by atoms with E-state index in [1.807, 2.05) is 39.8 Å². The molecule has 1 aromatic carbocycles. The molecule has 0 aliphatic heterocycles. The van der Waals surface area contributed by atoms with Gasteiger partial charge in [-0.25, -0.2) is 14.8 Å². The summed E-state index contributed by atoms with van der Waals surface area (Å²) in [6, 6.07) is 11.3. The van der Waals surface area contributed by atoms with Crippen LogP contribution in [-0.2, 0) is 4.74 Å². The van der Waals surface area contributed by atoms with Crippen molar-refractivity contribution in [2.75, 3.05) is 5.32 Å². The predicted octanol–water partition coefficient (Wildman–Crippen LogP) is 4.82. The lowest BCUT2D eigenvalue weighted by Crippen LogP contribution is -2.27. The maximum Gasteiger partial charge on any atom is 0.412 e. The number of hydrogen-bond acceptors (Lipinski definition) is 6. The second kappa shape index (κ2) is 7.38. The van der Waals surface area contributed by atoms with Crippen LogP contribution in [0.4, 0.5) is 10.5 Å². The molecule has 30 heavy (non-hydrogen) atoms. The van der Waals surface area contributed by atoms with Crippen molar-refractivity contribution >= 4 is 22.7 Å². The normalized spacial score (nSPS) is 18.0. The van der Waals surface area contributed by atoms with Crippen LogP contribution in [0.25, 0.3) is 10.9 Å². The highest BCUT2D eigenvalue weighted by Crippen LogP contribution is 2.53. The van der Waals surface area contributed by atoms with Gasteiger partial charge in [0.15, 0.2) is 0 Å². The number of aromatic nitrogens is 3. The second-order valence-electron chi connectivity index (χ2n) is 8.57. The van der Waals surface area contributed by atoms with E-state index in [4.69, 9.17) is 9.72 Å². The first kappa shape index (κ1) is 19.8. The van der Waals surface area contributed by atoms with E-state index in [1.54, 1.807) is 24.4 Å². The summed E-state index contributed by atoms with van der Waals surface area (Å²) in [4.78, 5) is 25.8. The Hall–Kier alpha value is -3.53. The number of ether oxygens (including phenoxy) is 1. The van der Waals surface area contributed by atoms with Crippen molar-refractivity contribution in [1.29, 1.82) is 5.26 Å². The molecular formula is C23H23N5O2. The number of rotatable bonds is 3. The predicted molar refractivity (Wildman–Crippen MR) is 113 cm³/mol. The average Bonchev–Trinajstić information content (AvgIpc) is 3.46. The number of pyridine rings is 1. The van der Waals surface area contributed by atoms with Gasteiger partial charge in [-0.05, 0) is 64.4 Å². The molecule has 0 bridgehead atoms. The lowest BCUT2D eigenvalue weighted by molar-refractivity contribution is 0.0636. The number of hydrogen-bond donors (Lipinski definition) is 1. The van der Waals surface area contributed by atoms with E-state index in [2.05, 4.69) is 21.4 Å². The van der Waals surface area contributed by atoms with Gasteiger partial charge < -0.3 is 4.74 Å². The first-order valence-electron chi connectivity index (χ1n) is 9.88. The van der Waals surface area contributed by atoms with Crippen molar-refractivity contribution in [3.8, 4) is 6.07 Å². The van der Waals surface area contributed by atoms with E-state index in [1.165, 1.54) is 0 Å². The van der Waals surface area contributed by atoms with Gasteiger partial charge >= 0.3 is 6.09 Å². The molecule has 2 heterocycles. The number of fused-ring (bicyclic) bond motifs is 1. The van der Waals surface area contributed by atoms with Gasteiger partial charge in [-0.3, -0.25) is 10.3 Å². The zero-order chi connectivity index (χ0) is 21.5. The number of anilines is 1. The van der Waals surface area contributed by atoms with Crippen LogP contribution in [0.5, 0.6) is 0 Å². The van der Waals surface area contributed by atoms with Crippen molar-refractivity contribution in [3.63, 3.8) is 0 Å². The Morgan fingerprint density at radius 1 is 1.20 bits per heavy atom. The molecule has 1 amide bonds. The summed E-state index contributed by atoms with van der Waals surface area (Å²) >= 11 is 0. The van der Waals surface area contributed by atoms with Crippen molar-refractivity contribution in [2.45, 2.75) is 51.6 Å². The maximum absolute atomic E-state index is 12.1. The molecule has 152 valence electrons. The highest BCUT2D eigenvalue weighted by atomic mass is 16.6. The fourth-order valence-corrected chi connectivity index (χ4v) is 3.48. The summed E-state index contributed by atoms with van der Waals surface area (Å²) in [5.41, 5.74) is 3.00. The van der Waals surface area contributed by atoms with Crippen LogP contribution in [0.15, 0.2) is 36.5 Å². The summed E-state index contributed by atoms with van der Waals surface area (Å²) < 4.78 is 5.31. The van der Waals surface area contributed by atoms with E-state index in [9.17, 15) is 10.1 Å². The molecule has 7 nitrogen and oxygen atoms in total. The Morgan fingerprint density at radius 3 is 2.70 bits per heavy atom. The molecule has 3 aromatic rings. The van der Waals surface area contributed by atoms with Crippen molar-refractivity contribution in [3.05, 3.63) is 59.3 Å². The van der Waals surface area contributed by atoms with Crippen molar-refractivity contribution < 1.29 is 9.53 Å². The fourth-order valence-electron chi connectivity index (χ4n) is 3.48. The third-order valence-electron chi connectivity index (χ3n) is 4.91. The largest absolute Gasteiger partial charge is 0.444 e. The van der Waals surface area contributed by atoms with Crippen LogP contribution in [0.3, 0.4) is 0 Å². The highest BCUT2D eigenvalue weighted by Gasteiger charge is 2.43. The number of carbonyl (C=O) groups is 1. The molecule has 1 saturated carbocycles. The van der Waals surface area contributed by atoms with E-state index in [-0.39, 0.29) is 11.8 Å². The molecule has 7 heteroatoms. The van der Waals surface area contributed by atoms with Crippen LogP contribution in [0.1, 0.15) is 61.8 Å². The van der Waals surface area contributed by atoms with Gasteiger partial charge in [0, 0.05) is 40.5 Å². The lowest BCUT2D eigenvalue weighted by atomic mass is 10.1. The lowest BCUT2D eigenvalue weighted by Gasteiger charge is -2.19. The average molecular weight is 401 g/mol. The van der Waals surface area contributed by atoms with Gasteiger partial charge in [0.25, 0.3) is 0 Å². The van der Waals surface area contributed by atoms with Gasteiger partial charge in [-0.2, -0.15) is 5.26 Å². The first-order chi connectivity index (χ1) is 14.2. The Morgan fingerprint density at radius 2 is 2.00 bits per heavy atom. The summed E-state index contributed by atoms with van der Waals surface area (Å²) in [5.74, 6) is 1.22. The third kappa shape index (κ3) is 4.23. The number of nitriles is 1. The Balaban J connectivity index is 1.62. The molecule has 0 spiro atoms. The SMILES string of the molecule is Cc1ccnc([C@H]2C[C@H]2c2cc(C#N)c3ccc(NC(=O)OC(C)(C)C)cc3n2)n1. The summed E-state index contributed by atoms with van der Waals surface area (Å²) in [5, 5.41) is 13.1. The van der Waals surface area contributed by atoms with Gasteiger partial charge in [0.1, 0.15) is 11.4 Å². The zero-order valence-corrected chi connectivity index (χ0v) is 17.4. The minimum Gasteiger partial charge on any atom is -0.444 e. The van der Waals surface area contributed by atoms with Crippen LogP contribution < -0.4 is 5.32 Å². The molecule has 1 aliphatic rings. The van der Waals surface area contributed by atoms with Gasteiger partial charge in [0.2, 0.25) is 0 Å². The molecule has 1 aliphatic carbocycles. The molecule has 0 saturated heterocycles. The highest BCUT2D eigenvalue weighted by molar-refractivity contribution is 5.92. The van der Waals surface area contributed by atoms with Crippen LogP contribution in [0.2, 0.25) is 0 Å².